The van der Waals surface area contributed by atoms with Gasteiger partial charge in [0.25, 0.3) is 0 Å². The fraction of sp³-hybridized carbons (Fsp3) is 0.111. The highest BCUT2D eigenvalue weighted by atomic mass is 19.1. The molecule has 0 aliphatic carbocycles. The van der Waals surface area contributed by atoms with Crippen molar-refractivity contribution in [1.29, 1.82) is 0 Å². The van der Waals surface area contributed by atoms with Crippen LogP contribution in [-0.4, -0.2) is 24.3 Å². The Morgan fingerprint density at radius 3 is 2.85 bits per heavy atom. The first-order valence-corrected chi connectivity index (χ1v) is 8.04. The molecule has 0 amide bonds. The van der Waals surface area contributed by atoms with Gasteiger partial charge in [-0.2, -0.15) is 0 Å². The quantitative estimate of drug-likeness (QED) is 0.588. The highest BCUT2D eigenvalue weighted by Crippen LogP contribution is 2.25. The normalized spacial score (nSPS) is 12.2. The van der Waals surface area contributed by atoms with Crippen LogP contribution in [0.4, 0.5) is 15.9 Å². The number of nitrogen functional groups attached to an aromatic ring is 1. The van der Waals surface area contributed by atoms with Crippen LogP contribution >= 0.6 is 0 Å². The van der Waals surface area contributed by atoms with Crippen LogP contribution in [0.3, 0.4) is 0 Å². The molecule has 0 radical (unpaired) electrons. The summed E-state index contributed by atoms with van der Waals surface area (Å²) >= 11 is 0. The third-order valence-corrected chi connectivity index (χ3v) is 4.05. The number of hydrogen-bond donors (Lipinski definition) is 2. The predicted molar refractivity (Wildman–Crippen MR) is 96.9 cm³/mol. The average molecular weight is 349 g/mol. The number of pyridine rings is 2. The summed E-state index contributed by atoms with van der Waals surface area (Å²) in [5.41, 5.74) is 8.64. The van der Waals surface area contributed by atoms with Crippen molar-refractivity contribution in [3.05, 3.63) is 66.6 Å². The van der Waals surface area contributed by atoms with Gasteiger partial charge in [0, 0.05) is 18.6 Å². The van der Waals surface area contributed by atoms with E-state index in [2.05, 4.69) is 25.3 Å². The summed E-state index contributed by atoms with van der Waals surface area (Å²) in [6.45, 7) is 1.99. The summed E-state index contributed by atoms with van der Waals surface area (Å²) in [7, 11) is 0. The Morgan fingerprint density at radius 2 is 2.04 bits per heavy atom. The number of imidazole rings is 1. The van der Waals surface area contributed by atoms with Crippen molar-refractivity contribution in [2.45, 2.75) is 13.0 Å². The zero-order chi connectivity index (χ0) is 18.1. The van der Waals surface area contributed by atoms with Crippen LogP contribution in [0.25, 0.3) is 17.2 Å². The third-order valence-electron chi connectivity index (χ3n) is 4.05. The van der Waals surface area contributed by atoms with Gasteiger partial charge in [-0.05, 0) is 30.7 Å². The summed E-state index contributed by atoms with van der Waals surface area (Å²) in [6, 6.07) is 6.75. The Hall–Kier alpha value is -3.55. The van der Waals surface area contributed by atoms with Crippen LogP contribution in [-0.2, 0) is 0 Å². The topological polar surface area (TPSA) is 94.0 Å². The number of aromatic nitrogens is 5. The van der Waals surface area contributed by atoms with Crippen molar-refractivity contribution < 1.29 is 4.39 Å². The molecule has 0 spiro atoms. The monoisotopic (exact) mass is 349 g/mol. The molecule has 8 heteroatoms. The molecule has 7 nitrogen and oxygen atoms in total. The summed E-state index contributed by atoms with van der Waals surface area (Å²) in [5.74, 6) is 0.534. The SMILES string of the molecule is CC(Nc1nc(-c2cnc3ccc(F)cn23)ncc1N)c1cccnc1. The Balaban J connectivity index is 1.71. The minimum Gasteiger partial charge on any atom is -0.394 e. The van der Waals surface area contributed by atoms with Crippen molar-refractivity contribution in [1.82, 2.24) is 24.3 Å². The van der Waals surface area contributed by atoms with Gasteiger partial charge in [0.05, 0.1) is 24.1 Å². The van der Waals surface area contributed by atoms with Crippen LogP contribution in [0.2, 0.25) is 0 Å². The summed E-state index contributed by atoms with van der Waals surface area (Å²) < 4.78 is 15.2. The highest BCUT2D eigenvalue weighted by molar-refractivity contribution is 5.66. The van der Waals surface area contributed by atoms with Gasteiger partial charge in [0.1, 0.15) is 17.2 Å². The molecule has 1 unspecified atom stereocenters. The maximum absolute atomic E-state index is 13.6. The van der Waals surface area contributed by atoms with E-state index in [9.17, 15) is 4.39 Å². The van der Waals surface area contributed by atoms with E-state index in [1.165, 1.54) is 18.5 Å². The fourth-order valence-electron chi connectivity index (χ4n) is 2.67. The molecular weight excluding hydrogens is 333 g/mol. The largest absolute Gasteiger partial charge is 0.394 e. The molecule has 4 heterocycles. The predicted octanol–water partition coefficient (Wildman–Crippen LogP) is 3.08. The Bertz CT molecular complexity index is 1060. The van der Waals surface area contributed by atoms with E-state index in [-0.39, 0.29) is 11.9 Å². The second-order valence-corrected chi connectivity index (χ2v) is 5.87. The molecule has 0 fully saturated rings. The third kappa shape index (κ3) is 2.92. The number of halogens is 1. The minimum absolute atomic E-state index is 0.0478. The average Bonchev–Trinajstić information content (AvgIpc) is 3.07. The lowest BCUT2D eigenvalue weighted by Crippen LogP contribution is -2.11. The van der Waals surface area contributed by atoms with Gasteiger partial charge in [0.2, 0.25) is 0 Å². The van der Waals surface area contributed by atoms with Crippen molar-refractivity contribution in [2.75, 3.05) is 11.1 Å². The van der Waals surface area contributed by atoms with Gasteiger partial charge < -0.3 is 11.1 Å². The molecule has 0 saturated carbocycles. The number of hydrogen-bond acceptors (Lipinski definition) is 6. The Morgan fingerprint density at radius 1 is 1.15 bits per heavy atom. The van der Waals surface area contributed by atoms with E-state index in [0.717, 1.165) is 5.56 Å². The van der Waals surface area contributed by atoms with Crippen molar-refractivity contribution >= 4 is 17.2 Å². The molecule has 0 aliphatic heterocycles. The molecule has 0 saturated heterocycles. The molecule has 4 aromatic heterocycles. The zero-order valence-corrected chi connectivity index (χ0v) is 14.0. The van der Waals surface area contributed by atoms with Crippen molar-refractivity contribution in [2.24, 2.45) is 0 Å². The van der Waals surface area contributed by atoms with Gasteiger partial charge in [0.15, 0.2) is 11.6 Å². The maximum Gasteiger partial charge on any atom is 0.180 e. The number of rotatable bonds is 4. The van der Waals surface area contributed by atoms with E-state index in [1.54, 1.807) is 29.1 Å². The van der Waals surface area contributed by atoms with Gasteiger partial charge in [-0.1, -0.05) is 6.07 Å². The van der Waals surface area contributed by atoms with Crippen molar-refractivity contribution in [3.63, 3.8) is 0 Å². The first-order chi connectivity index (χ1) is 12.6. The van der Waals surface area contributed by atoms with E-state index >= 15 is 0 Å². The molecule has 130 valence electrons. The van der Waals surface area contributed by atoms with E-state index in [0.29, 0.717) is 28.7 Å². The van der Waals surface area contributed by atoms with Crippen LogP contribution in [0.1, 0.15) is 18.5 Å². The molecule has 1 atom stereocenters. The van der Waals surface area contributed by atoms with E-state index in [4.69, 9.17) is 5.73 Å². The lowest BCUT2D eigenvalue weighted by atomic mass is 10.1. The number of fused-ring (bicyclic) bond motifs is 1. The van der Waals surface area contributed by atoms with Gasteiger partial charge in [-0.25, -0.2) is 19.3 Å². The lowest BCUT2D eigenvalue weighted by molar-refractivity contribution is 0.619. The smallest absolute Gasteiger partial charge is 0.180 e. The highest BCUT2D eigenvalue weighted by Gasteiger charge is 2.14. The summed E-state index contributed by atoms with van der Waals surface area (Å²) in [5, 5.41) is 3.27. The second kappa shape index (κ2) is 6.40. The van der Waals surface area contributed by atoms with Crippen LogP contribution in [0.15, 0.2) is 55.2 Å². The minimum atomic E-state index is -0.365. The number of anilines is 2. The molecular formula is C18H16FN7. The lowest BCUT2D eigenvalue weighted by Gasteiger charge is -2.16. The van der Waals surface area contributed by atoms with Gasteiger partial charge in [-0.15, -0.1) is 0 Å². The number of nitrogens with zero attached hydrogens (tertiary/aromatic N) is 5. The Labute approximate surface area is 148 Å². The molecule has 3 N–H and O–H groups in total. The van der Waals surface area contributed by atoms with Crippen LogP contribution in [0, 0.1) is 5.82 Å². The zero-order valence-electron chi connectivity index (χ0n) is 14.0. The summed E-state index contributed by atoms with van der Waals surface area (Å²) in [6.07, 6.45) is 7.98. The Kier molecular flexibility index (Phi) is 3.92. The van der Waals surface area contributed by atoms with E-state index in [1.807, 2.05) is 19.1 Å². The van der Waals surface area contributed by atoms with Crippen molar-refractivity contribution in [3.8, 4) is 11.5 Å². The standard InChI is InChI=1S/C18H16FN7/c1-11(12-3-2-6-21-7-12)24-17-14(20)8-23-18(25-17)15-9-22-16-5-4-13(19)10-26(15)16/h2-11H,20H2,1H3,(H,23,24,25). The number of nitrogens with one attached hydrogen (secondary N) is 1. The molecule has 4 rings (SSSR count). The van der Waals surface area contributed by atoms with E-state index < -0.39 is 0 Å². The van der Waals surface area contributed by atoms with Crippen LogP contribution < -0.4 is 11.1 Å². The number of nitrogens with two attached hydrogens (primary N) is 1. The summed E-state index contributed by atoms with van der Waals surface area (Å²) in [4.78, 5) is 17.2. The second-order valence-electron chi connectivity index (χ2n) is 5.87. The molecule has 0 aliphatic rings. The molecule has 0 aromatic carbocycles. The fourth-order valence-corrected chi connectivity index (χ4v) is 2.67. The van der Waals surface area contributed by atoms with Crippen LogP contribution in [0.5, 0.6) is 0 Å². The first kappa shape index (κ1) is 15.9. The first-order valence-electron chi connectivity index (χ1n) is 8.04. The molecule has 26 heavy (non-hydrogen) atoms. The van der Waals surface area contributed by atoms with Gasteiger partial charge >= 0.3 is 0 Å². The van der Waals surface area contributed by atoms with Gasteiger partial charge in [-0.3, -0.25) is 9.38 Å². The molecule has 0 bridgehead atoms. The molecule has 4 aromatic rings. The maximum atomic E-state index is 13.6.